The molecule has 0 fully saturated rings. The molecule has 0 aromatic heterocycles. The zero-order valence-corrected chi connectivity index (χ0v) is 6.04. The molecule has 0 aromatic rings. The van der Waals surface area contributed by atoms with Gasteiger partial charge in [-0.05, 0) is 0 Å². The lowest BCUT2D eigenvalue weighted by Gasteiger charge is -1.82. The van der Waals surface area contributed by atoms with E-state index in [4.69, 9.17) is 28.7 Å². The maximum Gasteiger partial charge on any atom is 0.549 e. The largest absolute Gasteiger partial charge is 0.549 e. The maximum absolute atomic E-state index is 10.1. The van der Waals surface area contributed by atoms with Crippen molar-refractivity contribution < 1.29 is 37.1 Å². The van der Waals surface area contributed by atoms with Gasteiger partial charge in [-0.1, -0.05) is 0 Å². The zero-order chi connectivity index (χ0) is 9.00. The van der Waals surface area contributed by atoms with Crippen molar-refractivity contribution in [2.45, 2.75) is 0 Å². The minimum atomic E-state index is -5.64. The highest BCUT2D eigenvalue weighted by atomic mass is 31.2. The van der Waals surface area contributed by atoms with Gasteiger partial charge in [0.05, 0.1) is 0 Å². The summed E-state index contributed by atoms with van der Waals surface area (Å²) in [5.74, 6) is 0. The standard InChI is InChI=1S/F2HO2P.H3O4P/c2*1-5(2,3)4/h(H,3,4);(H3,1,2,3,4). The third-order valence-corrected chi connectivity index (χ3v) is 0. The molecule has 0 rings (SSSR count). The average Bonchev–Trinajstić information content (AvgIpc) is 1.12. The van der Waals surface area contributed by atoms with Gasteiger partial charge in [-0.15, -0.1) is 8.39 Å². The van der Waals surface area contributed by atoms with Gasteiger partial charge in [0.1, 0.15) is 0 Å². The van der Waals surface area contributed by atoms with Crippen molar-refractivity contribution in [3.8, 4) is 0 Å². The van der Waals surface area contributed by atoms with Gasteiger partial charge in [0, 0.05) is 0 Å². The Morgan fingerprint density at radius 1 is 0.900 bits per heavy atom. The highest BCUT2D eigenvalue weighted by Crippen LogP contribution is 2.43. The van der Waals surface area contributed by atoms with Gasteiger partial charge in [-0.25, -0.2) is 9.13 Å². The third-order valence-electron chi connectivity index (χ3n) is 0. The normalized spacial score (nSPS) is 11.8. The zero-order valence-electron chi connectivity index (χ0n) is 4.26. The Balaban J connectivity index is 0. The molecule has 0 heterocycles. The summed E-state index contributed by atoms with van der Waals surface area (Å²) in [4.78, 5) is 28.3. The minimum Gasteiger partial charge on any atom is -0.303 e. The van der Waals surface area contributed by atoms with Crippen LogP contribution in [0.1, 0.15) is 0 Å². The molecular weight excluding hydrogens is 196 g/mol. The lowest BCUT2D eigenvalue weighted by Crippen LogP contribution is -1.66. The first-order chi connectivity index (χ1) is 4.00. The first-order valence-electron chi connectivity index (χ1n) is 1.50. The second-order valence-corrected chi connectivity index (χ2v) is 2.84. The summed E-state index contributed by atoms with van der Waals surface area (Å²) >= 11 is 0. The molecule has 4 N–H and O–H groups in total. The fraction of sp³-hybridized carbons (Fsp3) is 0. The van der Waals surface area contributed by atoms with Gasteiger partial charge in [-0.2, -0.15) is 0 Å². The van der Waals surface area contributed by atoms with Crippen molar-refractivity contribution in [1.29, 1.82) is 0 Å². The highest BCUT2D eigenvalue weighted by Gasteiger charge is 2.09. The van der Waals surface area contributed by atoms with Gasteiger partial charge in [-0.3, -0.25) is 4.89 Å². The van der Waals surface area contributed by atoms with Gasteiger partial charge in [0.15, 0.2) is 0 Å². The highest BCUT2D eigenvalue weighted by molar-refractivity contribution is 7.46. The molecule has 6 nitrogen and oxygen atoms in total. The first-order valence-corrected chi connectivity index (χ1v) is 4.51. The molecule has 0 atom stereocenters. The predicted octanol–water partition coefficient (Wildman–Crippen LogP) is 0.0972. The van der Waals surface area contributed by atoms with Crippen molar-refractivity contribution in [2.24, 2.45) is 0 Å². The Morgan fingerprint density at radius 3 is 0.900 bits per heavy atom. The van der Waals surface area contributed by atoms with Crippen molar-refractivity contribution in [2.75, 3.05) is 0 Å². The van der Waals surface area contributed by atoms with Crippen molar-refractivity contribution in [3.63, 3.8) is 0 Å². The second kappa shape index (κ2) is 4.12. The van der Waals surface area contributed by atoms with Gasteiger partial charge in [0.2, 0.25) is 0 Å². The Kier molecular flexibility index (Phi) is 5.28. The van der Waals surface area contributed by atoms with Crippen LogP contribution in [-0.4, -0.2) is 19.6 Å². The number of rotatable bonds is 0. The van der Waals surface area contributed by atoms with E-state index in [2.05, 4.69) is 0 Å². The van der Waals surface area contributed by atoms with Crippen molar-refractivity contribution in [3.05, 3.63) is 0 Å². The SMILES string of the molecule is O=P(O)(F)F.O=P(O)(O)O. The summed E-state index contributed by atoms with van der Waals surface area (Å²) in [6.07, 6.45) is 0. The van der Waals surface area contributed by atoms with Crippen LogP contribution in [0, 0.1) is 0 Å². The minimum absolute atomic E-state index is 4.64. The molecule has 0 saturated heterocycles. The lowest BCUT2D eigenvalue weighted by molar-refractivity contribution is 0.275. The van der Waals surface area contributed by atoms with E-state index in [1.165, 1.54) is 0 Å². The van der Waals surface area contributed by atoms with E-state index >= 15 is 0 Å². The molecule has 10 heavy (non-hydrogen) atoms. The van der Waals surface area contributed by atoms with E-state index < -0.39 is 15.8 Å². The molecule has 0 radical (unpaired) electrons. The molecule has 0 amide bonds. The van der Waals surface area contributed by atoms with E-state index in [0.717, 1.165) is 0 Å². The average molecular weight is 200 g/mol. The van der Waals surface area contributed by atoms with E-state index in [-0.39, 0.29) is 0 Å². The van der Waals surface area contributed by atoms with Crippen LogP contribution in [0.15, 0.2) is 0 Å². The van der Waals surface area contributed by atoms with E-state index in [0.29, 0.717) is 0 Å². The van der Waals surface area contributed by atoms with Crippen LogP contribution in [0.25, 0.3) is 0 Å². The molecule has 0 spiro atoms. The molecule has 64 valence electrons. The monoisotopic (exact) mass is 200 g/mol. The fourth-order valence-electron chi connectivity index (χ4n) is 0. The predicted molar refractivity (Wildman–Crippen MR) is 26.3 cm³/mol. The fourth-order valence-corrected chi connectivity index (χ4v) is 0. The summed E-state index contributed by atoms with van der Waals surface area (Å²) in [5.41, 5.74) is 0. The second-order valence-electron chi connectivity index (χ2n) is 0.948. The summed E-state index contributed by atoms with van der Waals surface area (Å²) in [6.45, 7) is 0. The molecular formula is H4F2O6P2. The summed E-state index contributed by atoms with van der Waals surface area (Å²) in [7, 11) is -10.3. The Hall–Kier alpha value is 0.160. The van der Waals surface area contributed by atoms with Crippen LogP contribution >= 0.6 is 15.8 Å². The maximum atomic E-state index is 10.1. The van der Waals surface area contributed by atoms with Crippen LogP contribution in [0.4, 0.5) is 8.39 Å². The molecule has 0 aromatic carbocycles. The van der Waals surface area contributed by atoms with Gasteiger partial charge >= 0.3 is 15.8 Å². The third kappa shape index (κ3) is 16300. The smallest absolute Gasteiger partial charge is 0.303 e. The molecule has 0 unspecified atom stereocenters. The van der Waals surface area contributed by atoms with E-state index in [1.54, 1.807) is 0 Å². The summed E-state index contributed by atoms with van der Waals surface area (Å²) < 4.78 is 37.6. The van der Waals surface area contributed by atoms with Crippen LogP contribution in [-0.2, 0) is 9.13 Å². The molecule has 0 saturated carbocycles. The van der Waals surface area contributed by atoms with Crippen LogP contribution in [0.3, 0.4) is 0 Å². The summed E-state index contributed by atoms with van der Waals surface area (Å²) in [6, 6.07) is 0. The lowest BCUT2D eigenvalue weighted by atomic mass is 15.8. The van der Waals surface area contributed by atoms with Crippen molar-refractivity contribution >= 4 is 15.8 Å². The molecule has 10 heteroatoms. The quantitative estimate of drug-likeness (QED) is 0.412. The number of hydrogen-bond acceptors (Lipinski definition) is 2. The number of hydrogen-bond donors (Lipinski definition) is 4. The van der Waals surface area contributed by atoms with E-state index in [1.807, 2.05) is 0 Å². The van der Waals surface area contributed by atoms with Gasteiger partial charge < -0.3 is 14.7 Å². The first kappa shape index (κ1) is 12.8. The topological polar surface area (TPSA) is 115 Å². The Morgan fingerprint density at radius 2 is 0.900 bits per heavy atom. The van der Waals surface area contributed by atoms with Gasteiger partial charge in [0.25, 0.3) is 0 Å². The Labute approximate surface area is 54.1 Å². The number of phosphoric acid groups is 1. The molecule has 0 bridgehead atoms. The summed E-state index contributed by atoms with van der Waals surface area (Å²) in [5, 5.41) is 0. The Bertz CT molecular complexity index is 126. The van der Waals surface area contributed by atoms with E-state index in [9.17, 15) is 8.39 Å². The molecule has 0 aliphatic heterocycles. The molecule has 0 aliphatic rings. The van der Waals surface area contributed by atoms with Crippen LogP contribution in [0.5, 0.6) is 0 Å². The van der Waals surface area contributed by atoms with Crippen molar-refractivity contribution in [1.82, 2.24) is 0 Å². The van der Waals surface area contributed by atoms with Crippen LogP contribution in [0.2, 0.25) is 0 Å². The number of halogens is 2. The van der Waals surface area contributed by atoms with Crippen LogP contribution < -0.4 is 0 Å². The molecule has 0 aliphatic carbocycles.